The van der Waals surface area contributed by atoms with Crippen molar-refractivity contribution in [3.63, 3.8) is 0 Å². The molecule has 1 fully saturated rings. The van der Waals surface area contributed by atoms with E-state index in [1.807, 2.05) is 19.1 Å². The molecule has 6 nitrogen and oxygen atoms in total. The number of sulfonamides is 1. The van der Waals surface area contributed by atoms with Gasteiger partial charge in [0.05, 0.1) is 0 Å². The van der Waals surface area contributed by atoms with E-state index >= 15 is 0 Å². The molecule has 1 aliphatic rings. The Hall–Kier alpha value is -1.86. The molecule has 1 atom stereocenters. The summed E-state index contributed by atoms with van der Waals surface area (Å²) in [6, 6.07) is 7.80. The lowest BCUT2D eigenvalue weighted by Crippen LogP contribution is -2.32. The van der Waals surface area contributed by atoms with Crippen LogP contribution in [0.1, 0.15) is 49.7 Å². The molecule has 1 N–H and O–H groups in total. The van der Waals surface area contributed by atoms with Crippen LogP contribution >= 0.6 is 0 Å². The van der Waals surface area contributed by atoms with E-state index in [2.05, 4.69) is 33.8 Å². The topological polar surface area (TPSA) is 75.4 Å². The molecule has 1 aliphatic heterocycles. The Kier molecular flexibility index (Phi) is 5.39. The monoisotopic (exact) mass is 377 g/mol. The molecule has 0 bridgehead atoms. The highest BCUT2D eigenvalue weighted by atomic mass is 32.2. The van der Waals surface area contributed by atoms with E-state index < -0.39 is 10.0 Å². The van der Waals surface area contributed by atoms with Crippen LogP contribution < -0.4 is 9.62 Å². The molecule has 1 unspecified atom stereocenters. The molecule has 142 valence electrons. The predicted molar refractivity (Wildman–Crippen MR) is 102 cm³/mol. The molecule has 1 aromatic heterocycles. The first kappa shape index (κ1) is 18.9. The second-order valence-corrected chi connectivity index (χ2v) is 8.91. The molecule has 7 heteroatoms. The molecule has 0 radical (unpaired) electrons. The lowest BCUT2D eigenvalue weighted by molar-refractivity contribution is 0.390. The first-order chi connectivity index (χ1) is 12.3. The zero-order valence-electron chi connectivity index (χ0n) is 15.8. The minimum absolute atomic E-state index is 0.128. The van der Waals surface area contributed by atoms with Gasteiger partial charge in [-0.05, 0) is 57.2 Å². The Bertz CT molecular complexity index is 831. The average Bonchev–Trinajstić information content (AvgIpc) is 2.95. The van der Waals surface area contributed by atoms with Crippen molar-refractivity contribution in [2.75, 3.05) is 18.0 Å². The fourth-order valence-electron chi connectivity index (χ4n) is 3.46. The molecule has 2 heterocycles. The number of benzene rings is 1. The van der Waals surface area contributed by atoms with Crippen molar-refractivity contribution in [3.8, 4) is 0 Å². The minimum Gasteiger partial charge on any atom is -0.372 e. The number of hydrogen-bond donors (Lipinski definition) is 1. The number of nitrogens with one attached hydrogen (secondary N) is 1. The molecular weight excluding hydrogens is 350 g/mol. The summed E-state index contributed by atoms with van der Waals surface area (Å²) < 4.78 is 33.0. The fourth-order valence-corrected chi connectivity index (χ4v) is 5.02. The smallest absolute Gasteiger partial charge is 0.246 e. The van der Waals surface area contributed by atoms with E-state index in [-0.39, 0.29) is 10.9 Å². The molecule has 0 spiro atoms. The Labute approximate surface area is 155 Å². The van der Waals surface area contributed by atoms with E-state index in [9.17, 15) is 8.42 Å². The second kappa shape index (κ2) is 7.40. The van der Waals surface area contributed by atoms with Crippen molar-refractivity contribution in [3.05, 3.63) is 41.3 Å². The van der Waals surface area contributed by atoms with Crippen LogP contribution in [0.2, 0.25) is 0 Å². The van der Waals surface area contributed by atoms with Crippen LogP contribution in [0, 0.1) is 19.8 Å². The van der Waals surface area contributed by atoms with Crippen molar-refractivity contribution in [2.45, 2.75) is 51.5 Å². The lowest BCUT2D eigenvalue weighted by atomic mass is 9.98. The van der Waals surface area contributed by atoms with Crippen LogP contribution in [0.4, 0.5) is 5.69 Å². The zero-order chi connectivity index (χ0) is 18.9. The van der Waals surface area contributed by atoms with Crippen molar-refractivity contribution in [1.29, 1.82) is 0 Å². The van der Waals surface area contributed by atoms with Gasteiger partial charge in [0.15, 0.2) is 5.76 Å². The van der Waals surface area contributed by atoms with Crippen LogP contribution in [0.15, 0.2) is 33.7 Å². The normalized spacial score (nSPS) is 17.5. The summed E-state index contributed by atoms with van der Waals surface area (Å²) in [5.41, 5.74) is 2.49. The predicted octanol–water partition coefficient (Wildman–Crippen LogP) is 3.57. The third kappa shape index (κ3) is 3.94. The lowest BCUT2D eigenvalue weighted by Gasteiger charge is -2.32. The summed E-state index contributed by atoms with van der Waals surface area (Å²) in [5, 5.41) is 3.73. The summed E-state index contributed by atoms with van der Waals surface area (Å²) >= 11 is 0. The van der Waals surface area contributed by atoms with Gasteiger partial charge in [0.2, 0.25) is 10.0 Å². The highest BCUT2D eigenvalue weighted by Gasteiger charge is 2.26. The number of piperidine rings is 1. The first-order valence-electron chi connectivity index (χ1n) is 9.08. The van der Waals surface area contributed by atoms with Crippen molar-refractivity contribution < 1.29 is 12.9 Å². The van der Waals surface area contributed by atoms with E-state index in [1.165, 1.54) is 18.5 Å². The first-order valence-corrected chi connectivity index (χ1v) is 10.6. The van der Waals surface area contributed by atoms with Gasteiger partial charge in [-0.25, -0.2) is 13.1 Å². The maximum absolute atomic E-state index is 12.6. The molecule has 26 heavy (non-hydrogen) atoms. The van der Waals surface area contributed by atoms with Gasteiger partial charge in [-0.2, -0.15) is 0 Å². The van der Waals surface area contributed by atoms with Crippen LogP contribution in [-0.4, -0.2) is 26.7 Å². The quantitative estimate of drug-likeness (QED) is 0.862. The number of rotatable bonds is 5. The van der Waals surface area contributed by atoms with Crippen LogP contribution in [0.5, 0.6) is 0 Å². The Balaban J connectivity index is 1.71. The van der Waals surface area contributed by atoms with Crippen molar-refractivity contribution in [1.82, 2.24) is 9.88 Å². The van der Waals surface area contributed by atoms with Gasteiger partial charge in [-0.1, -0.05) is 24.2 Å². The summed E-state index contributed by atoms with van der Waals surface area (Å²) in [7, 11) is -3.68. The van der Waals surface area contributed by atoms with Gasteiger partial charge in [0.1, 0.15) is 10.6 Å². The Morgan fingerprint density at radius 2 is 1.81 bits per heavy atom. The van der Waals surface area contributed by atoms with Gasteiger partial charge in [-0.15, -0.1) is 0 Å². The number of anilines is 1. The summed E-state index contributed by atoms with van der Waals surface area (Å²) in [6.07, 6.45) is 2.44. The highest BCUT2D eigenvalue weighted by Crippen LogP contribution is 2.26. The Morgan fingerprint density at radius 1 is 1.19 bits per heavy atom. The minimum atomic E-state index is -3.68. The van der Waals surface area contributed by atoms with E-state index in [0.717, 1.165) is 24.6 Å². The third-order valence-corrected chi connectivity index (χ3v) is 6.89. The largest absolute Gasteiger partial charge is 0.372 e. The van der Waals surface area contributed by atoms with Gasteiger partial charge >= 0.3 is 0 Å². The second-order valence-electron chi connectivity index (χ2n) is 7.26. The van der Waals surface area contributed by atoms with E-state index in [4.69, 9.17) is 4.52 Å². The van der Waals surface area contributed by atoms with E-state index in [1.54, 1.807) is 13.8 Å². The van der Waals surface area contributed by atoms with Crippen LogP contribution in [-0.2, 0) is 10.0 Å². The highest BCUT2D eigenvalue weighted by molar-refractivity contribution is 7.89. The average molecular weight is 378 g/mol. The summed E-state index contributed by atoms with van der Waals surface area (Å²) in [4.78, 5) is 2.52. The van der Waals surface area contributed by atoms with E-state index in [0.29, 0.717) is 11.5 Å². The summed E-state index contributed by atoms with van der Waals surface area (Å²) in [5.74, 6) is 1.10. The SMILES string of the molecule is Cc1noc(C)c1S(=O)(=O)NC(C)c1ccc(N2CCC(C)CC2)cc1. The molecule has 1 aromatic carbocycles. The van der Waals surface area contributed by atoms with Gasteiger partial charge < -0.3 is 9.42 Å². The molecule has 2 aromatic rings. The number of aromatic nitrogens is 1. The molecule has 0 amide bonds. The van der Waals surface area contributed by atoms with Crippen LogP contribution in [0.25, 0.3) is 0 Å². The molecule has 1 saturated heterocycles. The molecular formula is C19H27N3O3S. The fraction of sp³-hybridized carbons (Fsp3) is 0.526. The maximum Gasteiger partial charge on any atom is 0.246 e. The van der Waals surface area contributed by atoms with Crippen molar-refractivity contribution in [2.24, 2.45) is 5.92 Å². The standard InChI is InChI=1S/C19H27N3O3S/c1-13-9-11-22(12-10-13)18-7-5-17(6-8-18)14(2)21-26(23,24)19-15(3)20-25-16(19)4/h5-8,13-14,21H,9-12H2,1-4H3. The van der Waals surface area contributed by atoms with Gasteiger partial charge in [-0.3, -0.25) is 0 Å². The maximum atomic E-state index is 12.6. The number of nitrogens with zero attached hydrogens (tertiary/aromatic N) is 2. The van der Waals surface area contributed by atoms with Gasteiger partial charge in [0.25, 0.3) is 0 Å². The zero-order valence-corrected chi connectivity index (χ0v) is 16.6. The number of hydrogen-bond acceptors (Lipinski definition) is 5. The molecule has 0 saturated carbocycles. The van der Waals surface area contributed by atoms with Crippen LogP contribution in [0.3, 0.4) is 0 Å². The third-order valence-electron chi connectivity index (χ3n) is 5.11. The Morgan fingerprint density at radius 3 is 2.35 bits per heavy atom. The summed E-state index contributed by atoms with van der Waals surface area (Å²) in [6.45, 7) is 9.53. The van der Waals surface area contributed by atoms with Crippen molar-refractivity contribution >= 4 is 15.7 Å². The number of aryl methyl sites for hydroxylation is 2. The van der Waals surface area contributed by atoms with Gasteiger partial charge in [0, 0.05) is 24.8 Å². The molecule has 0 aliphatic carbocycles. The molecule has 3 rings (SSSR count).